The van der Waals surface area contributed by atoms with Gasteiger partial charge in [-0.3, -0.25) is 14.9 Å². The number of amides is 2. The molecule has 2 rings (SSSR count). The Morgan fingerprint density at radius 2 is 1.95 bits per heavy atom. The summed E-state index contributed by atoms with van der Waals surface area (Å²) in [6, 6.07) is 1.40. The number of piperidine rings is 1. The number of carbonyl (C=O) groups is 2. The van der Waals surface area contributed by atoms with Crippen LogP contribution in [0.1, 0.15) is 18.4 Å². The third-order valence-electron chi connectivity index (χ3n) is 2.87. The second kappa shape index (κ2) is 5.31. The Kier molecular flexibility index (Phi) is 3.75. The fourth-order valence-corrected chi connectivity index (χ4v) is 1.85. The molecule has 1 aliphatic heterocycles. The van der Waals surface area contributed by atoms with Crippen molar-refractivity contribution in [1.29, 1.82) is 0 Å². The van der Waals surface area contributed by atoms with Gasteiger partial charge in [-0.15, -0.1) is 0 Å². The Morgan fingerprint density at radius 3 is 2.53 bits per heavy atom. The highest BCUT2D eigenvalue weighted by molar-refractivity contribution is 6.00. The van der Waals surface area contributed by atoms with Crippen molar-refractivity contribution in [3.05, 3.63) is 29.3 Å². The number of imide groups is 1. The summed E-state index contributed by atoms with van der Waals surface area (Å²) in [5.74, 6) is -3.91. The van der Waals surface area contributed by atoms with Crippen LogP contribution in [0, 0.1) is 11.6 Å². The summed E-state index contributed by atoms with van der Waals surface area (Å²) < 4.78 is 26.2. The van der Waals surface area contributed by atoms with Crippen molar-refractivity contribution in [2.24, 2.45) is 0 Å². The van der Waals surface area contributed by atoms with Crippen LogP contribution in [0.5, 0.6) is 5.75 Å². The molecular formula is C12H12F2N2O3. The SMILES string of the molecule is O=C1CCC(NCc2cc(F)c(O)c(F)c2)C(=O)N1. The third kappa shape index (κ3) is 3.05. The summed E-state index contributed by atoms with van der Waals surface area (Å²) in [5, 5.41) is 13.9. The van der Waals surface area contributed by atoms with E-state index >= 15 is 0 Å². The van der Waals surface area contributed by atoms with Gasteiger partial charge in [0.25, 0.3) is 0 Å². The Bertz CT molecular complexity index is 511. The summed E-state index contributed by atoms with van der Waals surface area (Å²) in [4.78, 5) is 22.4. The highest BCUT2D eigenvalue weighted by Crippen LogP contribution is 2.21. The van der Waals surface area contributed by atoms with Gasteiger partial charge in [-0.25, -0.2) is 8.78 Å². The molecule has 7 heteroatoms. The number of hydrogen-bond acceptors (Lipinski definition) is 4. The Balaban J connectivity index is 1.99. The molecule has 0 spiro atoms. The van der Waals surface area contributed by atoms with Crippen LogP contribution >= 0.6 is 0 Å². The maximum atomic E-state index is 13.1. The second-order valence-corrected chi connectivity index (χ2v) is 4.29. The fourth-order valence-electron chi connectivity index (χ4n) is 1.85. The van der Waals surface area contributed by atoms with E-state index in [1.54, 1.807) is 0 Å². The molecule has 1 unspecified atom stereocenters. The van der Waals surface area contributed by atoms with Gasteiger partial charge in [0.15, 0.2) is 17.4 Å². The van der Waals surface area contributed by atoms with Gasteiger partial charge < -0.3 is 10.4 Å². The summed E-state index contributed by atoms with van der Waals surface area (Å²) in [6.07, 6.45) is 0.565. The topological polar surface area (TPSA) is 78.4 Å². The van der Waals surface area contributed by atoms with E-state index in [9.17, 15) is 18.4 Å². The van der Waals surface area contributed by atoms with Crippen molar-refractivity contribution in [3.8, 4) is 5.75 Å². The van der Waals surface area contributed by atoms with E-state index in [-0.39, 0.29) is 24.4 Å². The lowest BCUT2D eigenvalue weighted by atomic mass is 10.1. The molecule has 0 radical (unpaired) electrons. The van der Waals surface area contributed by atoms with Gasteiger partial charge in [0.1, 0.15) is 0 Å². The van der Waals surface area contributed by atoms with Gasteiger partial charge in [0.05, 0.1) is 6.04 Å². The number of carbonyl (C=O) groups excluding carboxylic acids is 2. The first kappa shape index (κ1) is 13.4. The Labute approximate surface area is 107 Å². The molecule has 1 aromatic rings. The minimum atomic E-state index is -1.06. The highest BCUT2D eigenvalue weighted by Gasteiger charge is 2.25. The Morgan fingerprint density at radius 1 is 1.32 bits per heavy atom. The van der Waals surface area contributed by atoms with Gasteiger partial charge in [-0.05, 0) is 24.1 Å². The average molecular weight is 270 g/mol. The molecule has 19 heavy (non-hydrogen) atoms. The monoisotopic (exact) mass is 270 g/mol. The molecule has 1 saturated heterocycles. The number of benzene rings is 1. The first-order chi connectivity index (χ1) is 8.97. The molecule has 0 aromatic heterocycles. The summed E-state index contributed by atoms with van der Waals surface area (Å²) in [7, 11) is 0. The van der Waals surface area contributed by atoms with Crippen LogP contribution in [0.15, 0.2) is 12.1 Å². The summed E-state index contributed by atoms with van der Waals surface area (Å²) in [5.41, 5.74) is 0.262. The van der Waals surface area contributed by atoms with E-state index < -0.39 is 29.3 Å². The molecule has 1 heterocycles. The molecule has 102 valence electrons. The van der Waals surface area contributed by atoms with Crippen molar-refractivity contribution in [3.63, 3.8) is 0 Å². The number of phenols is 1. The molecule has 1 atom stereocenters. The fraction of sp³-hybridized carbons (Fsp3) is 0.333. The molecular weight excluding hydrogens is 258 g/mol. The van der Waals surface area contributed by atoms with E-state index in [0.717, 1.165) is 12.1 Å². The molecule has 0 saturated carbocycles. The number of halogens is 2. The van der Waals surface area contributed by atoms with Gasteiger partial charge >= 0.3 is 0 Å². The lowest BCUT2D eigenvalue weighted by Gasteiger charge is -2.21. The summed E-state index contributed by atoms with van der Waals surface area (Å²) >= 11 is 0. The average Bonchev–Trinajstić information content (AvgIpc) is 2.34. The van der Waals surface area contributed by atoms with E-state index in [1.165, 1.54) is 0 Å². The van der Waals surface area contributed by atoms with Crippen molar-refractivity contribution < 1.29 is 23.5 Å². The largest absolute Gasteiger partial charge is 0.503 e. The van der Waals surface area contributed by atoms with E-state index in [2.05, 4.69) is 10.6 Å². The molecule has 0 aliphatic carbocycles. The molecule has 1 fully saturated rings. The zero-order valence-corrected chi connectivity index (χ0v) is 9.87. The van der Waals surface area contributed by atoms with E-state index in [0.29, 0.717) is 6.42 Å². The lowest BCUT2D eigenvalue weighted by Crippen LogP contribution is -2.50. The van der Waals surface area contributed by atoms with Gasteiger partial charge in [0, 0.05) is 13.0 Å². The zero-order valence-electron chi connectivity index (χ0n) is 9.87. The zero-order chi connectivity index (χ0) is 14.0. The van der Waals surface area contributed by atoms with Crippen molar-refractivity contribution in [2.45, 2.75) is 25.4 Å². The predicted molar refractivity (Wildman–Crippen MR) is 61.0 cm³/mol. The minimum Gasteiger partial charge on any atom is -0.503 e. The number of aromatic hydroxyl groups is 1. The summed E-state index contributed by atoms with van der Waals surface area (Å²) in [6.45, 7) is 0.0559. The Hall–Kier alpha value is -2.02. The van der Waals surface area contributed by atoms with E-state index in [1.807, 2.05) is 0 Å². The van der Waals surface area contributed by atoms with Gasteiger partial charge in [-0.1, -0.05) is 0 Å². The molecule has 1 aliphatic rings. The maximum Gasteiger partial charge on any atom is 0.243 e. The predicted octanol–water partition coefficient (Wildman–Crippen LogP) is 0.565. The highest BCUT2D eigenvalue weighted by atomic mass is 19.1. The van der Waals surface area contributed by atoms with Crippen LogP contribution in [0.25, 0.3) is 0 Å². The minimum absolute atomic E-state index is 0.0559. The van der Waals surface area contributed by atoms with Crippen LogP contribution in [0.3, 0.4) is 0 Å². The van der Waals surface area contributed by atoms with Crippen LogP contribution in [-0.2, 0) is 16.1 Å². The standard InChI is InChI=1S/C12H12F2N2O3/c13-7-3-6(4-8(14)11(7)18)5-15-9-1-2-10(17)16-12(9)19/h3-4,9,15,18H,1-2,5H2,(H,16,17,19). The second-order valence-electron chi connectivity index (χ2n) is 4.29. The molecule has 3 N–H and O–H groups in total. The van der Waals surface area contributed by atoms with Crippen molar-refractivity contribution >= 4 is 11.8 Å². The molecule has 1 aromatic carbocycles. The molecule has 0 bridgehead atoms. The normalized spacial score (nSPS) is 19.4. The van der Waals surface area contributed by atoms with Gasteiger partial charge in [-0.2, -0.15) is 0 Å². The first-order valence-electron chi connectivity index (χ1n) is 5.71. The number of nitrogens with one attached hydrogen (secondary N) is 2. The quantitative estimate of drug-likeness (QED) is 0.701. The number of phenolic OH excluding ortho intramolecular Hbond substituents is 1. The van der Waals surface area contributed by atoms with Crippen molar-refractivity contribution in [2.75, 3.05) is 0 Å². The van der Waals surface area contributed by atoms with Gasteiger partial charge in [0.2, 0.25) is 11.8 Å². The third-order valence-corrected chi connectivity index (χ3v) is 2.87. The smallest absolute Gasteiger partial charge is 0.243 e. The van der Waals surface area contributed by atoms with Crippen LogP contribution in [-0.4, -0.2) is 23.0 Å². The molecule has 5 nitrogen and oxygen atoms in total. The lowest BCUT2D eigenvalue weighted by molar-refractivity contribution is -0.134. The van der Waals surface area contributed by atoms with Crippen LogP contribution in [0.2, 0.25) is 0 Å². The first-order valence-corrected chi connectivity index (χ1v) is 5.71. The van der Waals surface area contributed by atoms with Crippen LogP contribution < -0.4 is 10.6 Å². The molecule has 2 amide bonds. The number of rotatable bonds is 3. The number of hydrogen-bond donors (Lipinski definition) is 3. The van der Waals surface area contributed by atoms with Crippen LogP contribution in [0.4, 0.5) is 8.78 Å². The maximum absolute atomic E-state index is 13.1. The van der Waals surface area contributed by atoms with Crippen molar-refractivity contribution in [1.82, 2.24) is 10.6 Å². The van der Waals surface area contributed by atoms with E-state index in [4.69, 9.17) is 5.11 Å².